The number of aryl methyl sites for hydroxylation is 3. The Balaban J connectivity index is 1.76. The summed E-state index contributed by atoms with van der Waals surface area (Å²) < 4.78 is 27.7. The third-order valence-corrected chi connectivity index (χ3v) is 6.62. The molecule has 0 unspecified atom stereocenters. The summed E-state index contributed by atoms with van der Waals surface area (Å²) in [7, 11) is -3.71. The molecule has 1 amide bonds. The van der Waals surface area contributed by atoms with Crippen LogP contribution in [0.3, 0.4) is 0 Å². The summed E-state index contributed by atoms with van der Waals surface area (Å²) in [5.74, 6) is -0.0587. The molecular weight excluding hydrogens is 386 g/mol. The highest BCUT2D eigenvalue weighted by atomic mass is 32.2. The van der Waals surface area contributed by atoms with Crippen molar-refractivity contribution in [3.05, 3.63) is 75.9 Å². The van der Waals surface area contributed by atoms with Gasteiger partial charge in [-0.3, -0.25) is 14.5 Å². The minimum absolute atomic E-state index is 0.152. The molecule has 6 nitrogen and oxygen atoms in total. The van der Waals surface area contributed by atoms with Crippen LogP contribution in [-0.4, -0.2) is 26.7 Å². The van der Waals surface area contributed by atoms with Gasteiger partial charge in [-0.2, -0.15) is 0 Å². The maximum Gasteiger partial charge on any atom is 0.264 e. The number of amidine groups is 1. The molecule has 0 atom stereocenters. The average Bonchev–Trinajstić information content (AvgIpc) is 2.90. The number of nitrogens with zero attached hydrogens (tertiary/aromatic N) is 1. The van der Waals surface area contributed by atoms with Crippen molar-refractivity contribution in [2.24, 2.45) is 4.99 Å². The molecule has 3 rings (SSSR count). The lowest BCUT2D eigenvalue weighted by atomic mass is 10.0. The van der Waals surface area contributed by atoms with Crippen LogP contribution in [0.1, 0.15) is 34.7 Å². The van der Waals surface area contributed by atoms with Gasteiger partial charge in [0.15, 0.2) is 0 Å². The molecule has 2 N–H and O–H groups in total. The minimum atomic E-state index is -3.71. The second-order valence-corrected chi connectivity index (χ2v) is 8.85. The summed E-state index contributed by atoms with van der Waals surface area (Å²) in [4.78, 5) is 16.6. The van der Waals surface area contributed by atoms with E-state index in [-0.39, 0.29) is 23.2 Å². The molecule has 2 aromatic rings. The minimum Gasteiger partial charge on any atom is -0.350 e. The smallest absolute Gasteiger partial charge is 0.264 e. The van der Waals surface area contributed by atoms with Crippen LogP contribution in [0.25, 0.3) is 4.91 Å². The van der Waals surface area contributed by atoms with E-state index >= 15 is 0 Å². The zero-order valence-corrected chi connectivity index (χ0v) is 17.9. The van der Waals surface area contributed by atoms with Gasteiger partial charge in [-0.15, -0.1) is 0 Å². The van der Waals surface area contributed by atoms with E-state index in [9.17, 15) is 13.2 Å². The summed E-state index contributed by atoms with van der Waals surface area (Å²) >= 11 is 0. The maximum atomic E-state index is 12.6. The van der Waals surface area contributed by atoms with E-state index in [0.29, 0.717) is 17.7 Å². The Morgan fingerprint density at radius 2 is 1.72 bits per heavy atom. The molecule has 152 valence electrons. The second kappa shape index (κ2) is 8.21. The van der Waals surface area contributed by atoms with Crippen molar-refractivity contribution < 1.29 is 13.2 Å². The van der Waals surface area contributed by atoms with Gasteiger partial charge in [0.2, 0.25) is 5.91 Å². The van der Waals surface area contributed by atoms with Crippen LogP contribution in [0.2, 0.25) is 0 Å². The molecule has 0 saturated carbocycles. The number of hydrogen-bond donors (Lipinski definition) is 2. The Labute approximate surface area is 171 Å². The second-order valence-electron chi connectivity index (χ2n) is 7.23. The van der Waals surface area contributed by atoms with Gasteiger partial charge in [-0.25, -0.2) is 8.42 Å². The zero-order valence-electron chi connectivity index (χ0n) is 17.0. The van der Waals surface area contributed by atoms with Crippen molar-refractivity contribution in [1.82, 2.24) is 10.0 Å². The quantitative estimate of drug-likeness (QED) is 0.793. The van der Waals surface area contributed by atoms with Crippen molar-refractivity contribution in [2.45, 2.75) is 34.2 Å². The van der Waals surface area contributed by atoms with Crippen LogP contribution in [0, 0.1) is 20.8 Å². The first kappa shape index (κ1) is 20.8. The lowest BCUT2D eigenvalue weighted by Crippen LogP contribution is -2.28. The number of carbonyl (C=O) groups excluding carboxylic acids is 1. The van der Waals surface area contributed by atoms with Gasteiger partial charge in [0, 0.05) is 12.1 Å². The summed E-state index contributed by atoms with van der Waals surface area (Å²) in [6.07, 6.45) is 0. The monoisotopic (exact) mass is 411 g/mol. The van der Waals surface area contributed by atoms with Gasteiger partial charge in [-0.1, -0.05) is 42.5 Å². The van der Waals surface area contributed by atoms with Crippen LogP contribution in [0.5, 0.6) is 0 Å². The number of amides is 1. The summed E-state index contributed by atoms with van der Waals surface area (Å²) in [6, 6.07) is 13.3. The molecule has 1 aliphatic rings. The third-order valence-electron chi connectivity index (χ3n) is 5.08. The Morgan fingerprint density at radius 3 is 2.41 bits per heavy atom. The SMILES string of the molecule is CC1=C(c2ccc(C)c(C)c2)S(=O)(=O)NC1=NCC(=O)NCc1ccccc1C. The Morgan fingerprint density at radius 1 is 1.00 bits per heavy atom. The van der Waals surface area contributed by atoms with Gasteiger partial charge in [0.05, 0.1) is 0 Å². The van der Waals surface area contributed by atoms with Gasteiger partial charge >= 0.3 is 0 Å². The van der Waals surface area contributed by atoms with E-state index in [1.54, 1.807) is 13.0 Å². The zero-order chi connectivity index (χ0) is 21.2. The average molecular weight is 412 g/mol. The van der Waals surface area contributed by atoms with Crippen molar-refractivity contribution in [3.63, 3.8) is 0 Å². The highest BCUT2D eigenvalue weighted by Gasteiger charge is 2.32. The fourth-order valence-electron chi connectivity index (χ4n) is 3.18. The number of carbonyl (C=O) groups is 1. The molecule has 0 spiro atoms. The van der Waals surface area contributed by atoms with Crippen LogP contribution in [0.15, 0.2) is 53.0 Å². The van der Waals surface area contributed by atoms with Crippen molar-refractivity contribution in [1.29, 1.82) is 0 Å². The lowest BCUT2D eigenvalue weighted by Gasteiger charge is -2.07. The fraction of sp³-hybridized carbons (Fsp3) is 0.273. The predicted molar refractivity (Wildman–Crippen MR) is 116 cm³/mol. The summed E-state index contributed by atoms with van der Waals surface area (Å²) in [6.45, 7) is 7.86. The topological polar surface area (TPSA) is 87.6 Å². The molecule has 29 heavy (non-hydrogen) atoms. The van der Waals surface area contributed by atoms with Gasteiger partial charge in [0.1, 0.15) is 17.3 Å². The molecule has 0 radical (unpaired) electrons. The van der Waals surface area contributed by atoms with E-state index in [4.69, 9.17) is 0 Å². The largest absolute Gasteiger partial charge is 0.350 e. The number of hydrogen-bond acceptors (Lipinski definition) is 4. The molecule has 0 aromatic heterocycles. The number of aliphatic imine (C=N–C) groups is 1. The molecule has 2 aromatic carbocycles. The highest BCUT2D eigenvalue weighted by molar-refractivity contribution is 8.00. The highest BCUT2D eigenvalue weighted by Crippen LogP contribution is 2.30. The lowest BCUT2D eigenvalue weighted by molar-refractivity contribution is -0.119. The van der Waals surface area contributed by atoms with E-state index in [1.165, 1.54) is 0 Å². The third kappa shape index (κ3) is 4.56. The summed E-state index contributed by atoms with van der Waals surface area (Å²) in [5, 5.41) is 2.82. The van der Waals surface area contributed by atoms with Gasteiger partial charge < -0.3 is 5.32 Å². The van der Waals surface area contributed by atoms with E-state index in [1.807, 2.05) is 57.2 Å². The molecule has 0 bridgehead atoms. The summed E-state index contributed by atoms with van der Waals surface area (Å²) in [5.41, 5.74) is 5.36. The van der Waals surface area contributed by atoms with Crippen LogP contribution < -0.4 is 10.0 Å². The van der Waals surface area contributed by atoms with Crippen LogP contribution in [-0.2, 0) is 21.4 Å². The Hall–Kier alpha value is -2.93. The first-order chi connectivity index (χ1) is 13.7. The molecular formula is C22H25N3O3S. The van der Waals surface area contributed by atoms with Crippen molar-refractivity contribution in [3.8, 4) is 0 Å². The number of rotatable bonds is 5. The first-order valence-electron chi connectivity index (χ1n) is 9.36. The molecule has 1 aliphatic heterocycles. The molecule has 0 saturated heterocycles. The van der Waals surface area contributed by atoms with Crippen LogP contribution in [0.4, 0.5) is 0 Å². The number of nitrogens with one attached hydrogen (secondary N) is 2. The molecule has 7 heteroatoms. The predicted octanol–water partition coefficient (Wildman–Crippen LogP) is 2.99. The van der Waals surface area contributed by atoms with E-state index in [0.717, 1.165) is 22.3 Å². The van der Waals surface area contributed by atoms with Crippen molar-refractivity contribution >= 4 is 26.7 Å². The number of sulfonamides is 1. The molecule has 0 fully saturated rings. The normalized spacial score (nSPS) is 16.8. The van der Waals surface area contributed by atoms with E-state index < -0.39 is 10.0 Å². The van der Waals surface area contributed by atoms with Gasteiger partial charge in [-0.05, 0) is 55.5 Å². The molecule has 0 aliphatic carbocycles. The standard InChI is InChI=1S/C22H25N3O3S/c1-14-9-10-18(11-16(14)3)21-17(4)22(25-29(21,27)28)24-13-20(26)23-12-19-8-6-5-7-15(19)2/h5-11H,12-13H2,1-4H3,(H,23,26)(H,24,25). The Kier molecular flexibility index (Phi) is 5.88. The van der Waals surface area contributed by atoms with E-state index in [2.05, 4.69) is 15.0 Å². The van der Waals surface area contributed by atoms with Crippen molar-refractivity contribution in [2.75, 3.05) is 6.54 Å². The Bertz CT molecular complexity index is 1130. The van der Waals surface area contributed by atoms with Crippen LogP contribution >= 0.6 is 0 Å². The fourth-order valence-corrected chi connectivity index (χ4v) is 4.69. The number of benzene rings is 2. The van der Waals surface area contributed by atoms with Gasteiger partial charge in [0.25, 0.3) is 10.0 Å². The first-order valence-corrected chi connectivity index (χ1v) is 10.8. The molecule has 1 heterocycles. The maximum absolute atomic E-state index is 12.6.